The molecule has 4 heteroatoms. The van der Waals surface area contributed by atoms with Crippen LogP contribution >= 0.6 is 0 Å². The summed E-state index contributed by atoms with van der Waals surface area (Å²) in [6.45, 7) is 2.06. The summed E-state index contributed by atoms with van der Waals surface area (Å²) in [5.74, 6) is 0.208. The summed E-state index contributed by atoms with van der Waals surface area (Å²) in [4.78, 5) is 24.8. The first kappa shape index (κ1) is 17.3. The zero-order chi connectivity index (χ0) is 19.0. The van der Waals surface area contributed by atoms with E-state index in [1.54, 1.807) is 18.2 Å². The molecule has 0 unspecified atom stereocenters. The van der Waals surface area contributed by atoms with Gasteiger partial charge in [0.05, 0.1) is 18.1 Å². The first-order valence-corrected chi connectivity index (χ1v) is 9.02. The molecule has 0 saturated carbocycles. The standard InChI is InChI=1S/C23H20O4/c1-14-5-3-6-15(11-14)12-16-7-4-8-18-21(24)19-13-17(23(25)26-2)9-10-20(19)27-22(16)18/h3,5-6,9-13H,4,7-8H2,1-2H3. The highest BCUT2D eigenvalue weighted by molar-refractivity contribution is 5.94. The highest BCUT2D eigenvalue weighted by Crippen LogP contribution is 2.33. The van der Waals surface area contributed by atoms with E-state index in [2.05, 4.69) is 31.2 Å². The molecule has 0 atom stereocenters. The van der Waals surface area contributed by atoms with Gasteiger partial charge in [-0.25, -0.2) is 4.79 Å². The van der Waals surface area contributed by atoms with Crippen molar-refractivity contribution in [3.63, 3.8) is 0 Å². The highest BCUT2D eigenvalue weighted by atomic mass is 16.5. The molecule has 0 saturated heterocycles. The van der Waals surface area contributed by atoms with Gasteiger partial charge in [-0.2, -0.15) is 0 Å². The summed E-state index contributed by atoms with van der Waals surface area (Å²) < 4.78 is 10.9. The lowest BCUT2D eigenvalue weighted by Gasteiger charge is -2.18. The van der Waals surface area contributed by atoms with Crippen molar-refractivity contribution in [1.82, 2.24) is 0 Å². The van der Waals surface area contributed by atoms with Gasteiger partial charge in [-0.15, -0.1) is 0 Å². The number of rotatable bonds is 2. The van der Waals surface area contributed by atoms with Gasteiger partial charge in [0.15, 0.2) is 5.43 Å². The fourth-order valence-corrected chi connectivity index (χ4v) is 3.63. The van der Waals surface area contributed by atoms with Crippen molar-refractivity contribution in [1.29, 1.82) is 0 Å². The third-order valence-corrected chi connectivity index (χ3v) is 4.95. The summed E-state index contributed by atoms with van der Waals surface area (Å²) >= 11 is 0. The Morgan fingerprint density at radius 1 is 1.15 bits per heavy atom. The van der Waals surface area contributed by atoms with Crippen molar-refractivity contribution in [2.75, 3.05) is 7.11 Å². The van der Waals surface area contributed by atoms with Crippen molar-refractivity contribution < 1.29 is 13.9 Å². The number of hydrogen-bond acceptors (Lipinski definition) is 4. The maximum absolute atomic E-state index is 13.0. The topological polar surface area (TPSA) is 56.5 Å². The van der Waals surface area contributed by atoms with Crippen molar-refractivity contribution in [3.05, 3.63) is 80.7 Å². The molecule has 1 heterocycles. The van der Waals surface area contributed by atoms with E-state index in [4.69, 9.17) is 9.15 Å². The number of ether oxygens (including phenoxy) is 1. The molecule has 2 aromatic carbocycles. The number of hydrogen-bond donors (Lipinski definition) is 0. The normalized spacial score (nSPS) is 15.0. The van der Waals surface area contributed by atoms with Crippen LogP contribution in [-0.2, 0) is 11.2 Å². The smallest absolute Gasteiger partial charge is 0.337 e. The van der Waals surface area contributed by atoms with E-state index in [0.717, 1.165) is 24.0 Å². The van der Waals surface area contributed by atoms with Gasteiger partial charge >= 0.3 is 5.97 Å². The first-order valence-electron chi connectivity index (χ1n) is 9.02. The molecule has 1 aliphatic carbocycles. The highest BCUT2D eigenvalue weighted by Gasteiger charge is 2.22. The number of allylic oxidation sites excluding steroid dienone is 1. The van der Waals surface area contributed by atoms with Crippen LogP contribution in [0.2, 0.25) is 0 Å². The SMILES string of the molecule is COC(=O)c1ccc2oc3c(c(=O)c2c1)CCCC3=Cc1cccc(C)c1. The van der Waals surface area contributed by atoms with E-state index in [1.807, 2.05) is 6.07 Å². The zero-order valence-corrected chi connectivity index (χ0v) is 15.4. The Morgan fingerprint density at radius 2 is 2.00 bits per heavy atom. The number of carbonyl (C=O) groups is 1. The van der Waals surface area contributed by atoms with Crippen molar-refractivity contribution >= 4 is 28.6 Å². The average Bonchev–Trinajstić information content (AvgIpc) is 2.68. The maximum Gasteiger partial charge on any atom is 0.337 e. The lowest BCUT2D eigenvalue weighted by molar-refractivity contribution is 0.0601. The molecular formula is C23H20O4. The number of carbonyl (C=O) groups excluding carboxylic acids is 1. The molecule has 0 N–H and O–H groups in total. The van der Waals surface area contributed by atoms with Gasteiger partial charge < -0.3 is 9.15 Å². The Bertz CT molecular complexity index is 1130. The minimum atomic E-state index is -0.464. The van der Waals surface area contributed by atoms with Crippen LogP contribution in [0.25, 0.3) is 22.6 Å². The van der Waals surface area contributed by atoms with Crippen LogP contribution in [0.5, 0.6) is 0 Å². The van der Waals surface area contributed by atoms with Crippen LogP contribution < -0.4 is 5.43 Å². The third-order valence-electron chi connectivity index (χ3n) is 4.95. The van der Waals surface area contributed by atoms with Crippen LogP contribution in [0, 0.1) is 6.92 Å². The van der Waals surface area contributed by atoms with E-state index < -0.39 is 5.97 Å². The second-order valence-electron chi connectivity index (χ2n) is 6.88. The molecule has 1 aliphatic rings. The van der Waals surface area contributed by atoms with Gasteiger partial charge in [-0.1, -0.05) is 29.8 Å². The van der Waals surface area contributed by atoms with Crippen LogP contribution in [0.4, 0.5) is 0 Å². The molecule has 1 aromatic heterocycles. The Morgan fingerprint density at radius 3 is 2.78 bits per heavy atom. The van der Waals surface area contributed by atoms with Gasteiger partial charge in [0.2, 0.25) is 0 Å². The Kier molecular flexibility index (Phi) is 4.40. The zero-order valence-electron chi connectivity index (χ0n) is 15.4. The number of methoxy groups -OCH3 is 1. The van der Waals surface area contributed by atoms with Gasteiger partial charge in [0.1, 0.15) is 11.3 Å². The average molecular weight is 360 g/mol. The molecule has 0 fully saturated rings. The molecule has 0 radical (unpaired) electrons. The minimum absolute atomic E-state index is 0.0631. The largest absolute Gasteiger partial charge is 0.465 e. The van der Waals surface area contributed by atoms with E-state index in [-0.39, 0.29) is 5.43 Å². The summed E-state index contributed by atoms with van der Waals surface area (Å²) in [5, 5.41) is 0.424. The molecule has 0 amide bonds. The van der Waals surface area contributed by atoms with E-state index in [9.17, 15) is 9.59 Å². The molecule has 27 heavy (non-hydrogen) atoms. The number of fused-ring (bicyclic) bond motifs is 2. The fourth-order valence-electron chi connectivity index (χ4n) is 3.63. The van der Waals surface area contributed by atoms with Gasteiger partial charge in [-0.3, -0.25) is 4.79 Å². The monoisotopic (exact) mass is 360 g/mol. The Labute approximate surface area is 157 Å². The second kappa shape index (κ2) is 6.88. The molecular weight excluding hydrogens is 340 g/mol. The molecule has 3 aromatic rings. The summed E-state index contributed by atoms with van der Waals surface area (Å²) in [6, 6.07) is 13.1. The van der Waals surface area contributed by atoms with Gasteiger partial charge in [-0.05, 0) is 61.6 Å². The summed E-state index contributed by atoms with van der Waals surface area (Å²) in [6.07, 6.45) is 4.55. The summed E-state index contributed by atoms with van der Waals surface area (Å²) in [5.41, 5.74) is 4.80. The fraction of sp³-hybridized carbons (Fsp3) is 0.217. The van der Waals surface area contributed by atoms with Crippen LogP contribution in [0.1, 0.15) is 45.7 Å². The lowest BCUT2D eigenvalue weighted by Crippen LogP contribution is -2.16. The van der Waals surface area contributed by atoms with E-state index in [1.165, 1.54) is 12.7 Å². The molecule has 0 bridgehead atoms. The Hall–Kier alpha value is -3.14. The first-order chi connectivity index (χ1) is 13.1. The molecule has 0 aliphatic heterocycles. The van der Waals surface area contributed by atoms with Crippen molar-refractivity contribution in [3.8, 4) is 0 Å². The number of aryl methyl sites for hydroxylation is 1. The second-order valence-corrected chi connectivity index (χ2v) is 6.88. The predicted molar refractivity (Wildman–Crippen MR) is 106 cm³/mol. The van der Waals surface area contributed by atoms with Crippen molar-refractivity contribution in [2.45, 2.75) is 26.2 Å². The van der Waals surface area contributed by atoms with Crippen molar-refractivity contribution in [2.24, 2.45) is 0 Å². The van der Waals surface area contributed by atoms with Crippen LogP contribution in [0.3, 0.4) is 0 Å². The molecule has 0 spiro atoms. The predicted octanol–water partition coefficient (Wildman–Crippen LogP) is 4.76. The molecule has 4 rings (SSSR count). The number of esters is 1. The third kappa shape index (κ3) is 3.19. The minimum Gasteiger partial charge on any atom is -0.465 e. The van der Waals surface area contributed by atoms with Gasteiger partial charge in [0, 0.05) is 5.56 Å². The van der Waals surface area contributed by atoms with Gasteiger partial charge in [0.25, 0.3) is 0 Å². The number of benzene rings is 2. The van der Waals surface area contributed by atoms with Crippen LogP contribution in [-0.4, -0.2) is 13.1 Å². The lowest BCUT2D eigenvalue weighted by atomic mass is 9.90. The maximum atomic E-state index is 13.0. The molecule has 4 nitrogen and oxygen atoms in total. The Balaban J connectivity index is 1.88. The summed E-state index contributed by atoms with van der Waals surface area (Å²) in [7, 11) is 1.32. The van der Waals surface area contributed by atoms with E-state index in [0.29, 0.717) is 34.3 Å². The molecule has 136 valence electrons. The van der Waals surface area contributed by atoms with Crippen LogP contribution in [0.15, 0.2) is 51.7 Å². The van der Waals surface area contributed by atoms with E-state index >= 15 is 0 Å². The quantitative estimate of drug-likeness (QED) is 0.618.